The molecule has 0 aromatic carbocycles. The molecule has 0 spiro atoms. The molecule has 0 aromatic rings. The third-order valence-corrected chi connectivity index (χ3v) is 3.58. The van der Waals surface area contributed by atoms with E-state index in [1.165, 1.54) is 0 Å². The van der Waals surface area contributed by atoms with Crippen molar-refractivity contribution in [3.05, 3.63) is 0 Å². The Labute approximate surface area is 108 Å². The molecule has 0 bridgehead atoms. The van der Waals surface area contributed by atoms with Crippen LogP contribution in [0.25, 0.3) is 0 Å². The van der Waals surface area contributed by atoms with E-state index in [0.29, 0.717) is 12.8 Å². The fourth-order valence-electron chi connectivity index (χ4n) is 2.48. The maximum absolute atomic E-state index is 11.8. The lowest BCUT2D eigenvalue weighted by molar-refractivity contribution is -0.141. The van der Waals surface area contributed by atoms with Gasteiger partial charge in [-0.2, -0.15) is 0 Å². The highest BCUT2D eigenvalue weighted by Gasteiger charge is 2.30. The first-order valence-electron chi connectivity index (χ1n) is 6.86. The van der Waals surface area contributed by atoms with E-state index in [1.54, 1.807) is 0 Å². The van der Waals surface area contributed by atoms with Crippen molar-refractivity contribution in [3.8, 4) is 0 Å². The van der Waals surface area contributed by atoms with Gasteiger partial charge in [0.1, 0.15) is 0 Å². The predicted octanol–water partition coefficient (Wildman–Crippen LogP) is 2.12. The number of carboxylic acid groups (broad SMARTS) is 1. The van der Waals surface area contributed by atoms with Gasteiger partial charge < -0.3 is 15.7 Å². The SMILES string of the molecule is CCCC(CC)NC(=O)N[C@H]1CC[C@@H](C(=O)O)C1. The highest BCUT2D eigenvalue weighted by atomic mass is 16.4. The molecule has 1 aliphatic rings. The number of carboxylic acids is 1. The molecule has 5 nitrogen and oxygen atoms in total. The van der Waals surface area contributed by atoms with Gasteiger partial charge in [0.05, 0.1) is 5.92 Å². The van der Waals surface area contributed by atoms with Crippen molar-refractivity contribution in [1.29, 1.82) is 0 Å². The monoisotopic (exact) mass is 256 g/mol. The van der Waals surface area contributed by atoms with Crippen molar-refractivity contribution >= 4 is 12.0 Å². The Hall–Kier alpha value is -1.26. The molecule has 1 fully saturated rings. The molecule has 18 heavy (non-hydrogen) atoms. The van der Waals surface area contributed by atoms with E-state index >= 15 is 0 Å². The second-order valence-corrected chi connectivity index (χ2v) is 5.06. The third-order valence-electron chi connectivity index (χ3n) is 3.58. The molecule has 2 amide bonds. The predicted molar refractivity (Wildman–Crippen MR) is 69.4 cm³/mol. The van der Waals surface area contributed by atoms with Crippen LogP contribution in [0, 0.1) is 5.92 Å². The molecule has 104 valence electrons. The highest BCUT2D eigenvalue weighted by Crippen LogP contribution is 2.25. The maximum atomic E-state index is 11.8. The van der Waals surface area contributed by atoms with Gasteiger partial charge in [0.2, 0.25) is 0 Å². The van der Waals surface area contributed by atoms with Crippen LogP contribution in [0.5, 0.6) is 0 Å². The summed E-state index contributed by atoms with van der Waals surface area (Å²) in [5.74, 6) is -1.05. The summed E-state index contributed by atoms with van der Waals surface area (Å²) in [6, 6.07) is 0.0586. The largest absolute Gasteiger partial charge is 0.481 e. The zero-order valence-electron chi connectivity index (χ0n) is 11.2. The van der Waals surface area contributed by atoms with Crippen molar-refractivity contribution in [1.82, 2.24) is 10.6 Å². The van der Waals surface area contributed by atoms with Gasteiger partial charge in [0, 0.05) is 12.1 Å². The third kappa shape index (κ3) is 4.55. The van der Waals surface area contributed by atoms with E-state index in [-0.39, 0.29) is 24.0 Å². The lowest BCUT2D eigenvalue weighted by Crippen LogP contribution is -2.45. The van der Waals surface area contributed by atoms with Crippen LogP contribution in [0.1, 0.15) is 52.4 Å². The number of amides is 2. The molecule has 1 saturated carbocycles. The van der Waals surface area contributed by atoms with E-state index in [9.17, 15) is 9.59 Å². The molecule has 3 N–H and O–H groups in total. The summed E-state index contributed by atoms with van der Waals surface area (Å²) in [6.07, 6.45) is 4.91. The summed E-state index contributed by atoms with van der Waals surface area (Å²) >= 11 is 0. The van der Waals surface area contributed by atoms with Gasteiger partial charge in [-0.25, -0.2) is 4.79 Å². The van der Waals surface area contributed by atoms with Crippen molar-refractivity contribution in [3.63, 3.8) is 0 Å². The van der Waals surface area contributed by atoms with Crippen LogP contribution < -0.4 is 10.6 Å². The van der Waals surface area contributed by atoms with Crippen molar-refractivity contribution < 1.29 is 14.7 Å². The molecule has 1 aliphatic carbocycles. The number of carbonyl (C=O) groups is 2. The molecule has 5 heteroatoms. The van der Waals surface area contributed by atoms with Crippen LogP contribution in [0.3, 0.4) is 0 Å². The molecule has 3 atom stereocenters. The zero-order valence-corrected chi connectivity index (χ0v) is 11.2. The van der Waals surface area contributed by atoms with Crippen molar-refractivity contribution in [2.24, 2.45) is 5.92 Å². The molecule has 0 saturated heterocycles. The molecular formula is C13H24N2O3. The van der Waals surface area contributed by atoms with Crippen LogP contribution in [-0.4, -0.2) is 29.2 Å². The number of urea groups is 1. The van der Waals surface area contributed by atoms with Crippen LogP contribution >= 0.6 is 0 Å². The van der Waals surface area contributed by atoms with E-state index < -0.39 is 5.97 Å². The molecule has 1 unspecified atom stereocenters. The summed E-state index contributed by atoms with van der Waals surface area (Å²) in [6.45, 7) is 4.15. The Morgan fingerprint density at radius 1 is 1.33 bits per heavy atom. The summed E-state index contributed by atoms with van der Waals surface area (Å²) in [7, 11) is 0. The topological polar surface area (TPSA) is 78.4 Å². The Morgan fingerprint density at radius 3 is 2.56 bits per heavy atom. The molecule has 1 rings (SSSR count). The summed E-state index contributed by atoms with van der Waals surface area (Å²) in [5, 5.41) is 14.7. The minimum atomic E-state index is -0.753. The number of carbonyl (C=O) groups excluding carboxylic acids is 1. The minimum Gasteiger partial charge on any atom is -0.481 e. The summed E-state index contributed by atoms with van der Waals surface area (Å²) in [5.41, 5.74) is 0. The second kappa shape index (κ2) is 7.24. The fourth-order valence-corrected chi connectivity index (χ4v) is 2.48. The van der Waals surface area contributed by atoms with Gasteiger partial charge in [0.15, 0.2) is 0 Å². The number of aliphatic carboxylic acids is 1. The van der Waals surface area contributed by atoms with Gasteiger partial charge in [-0.15, -0.1) is 0 Å². The maximum Gasteiger partial charge on any atom is 0.315 e. The first-order valence-corrected chi connectivity index (χ1v) is 6.86. The number of hydrogen-bond donors (Lipinski definition) is 3. The fraction of sp³-hybridized carbons (Fsp3) is 0.846. The number of nitrogens with one attached hydrogen (secondary N) is 2. The van der Waals surface area contributed by atoms with Crippen LogP contribution in [-0.2, 0) is 4.79 Å². The Bertz CT molecular complexity index is 294. The number of hydrogen-bond acceptors (Lipinski definition) is 2. The molecular weight excluding hydrogens is 232 g/mol. The standard InChI is InChI=1S/C13H24N2O3/c1-3-5-10(4-2)14-13(18)15-11-7-6-9(8-11)12(16)17/h9-11H,3-8H2,1-2H3,(H,16,17)(H2,14,15,18)/t9-,10?,11+/m1/s1. The highest BCUT2D eigenvalue weighted by molar-refractivity contribution is 5.75. The smallest absolute Gasteiger partial charge is 0.315 e. The Kier molecular flexibility index (Phi) is 5.95. The van der Waals surface area contributed by atoms with Gasteiger partial charge in [0.25, 0.3) is 0 Å². The first-order chi connectivity index (χ1) is 8.56. The Balaban J connectivity index is 2.30. The average Bonchev–Trinajstić information content (AvgIpc) is 2.77. The van der Waals surface area contributed by atoms with Gasteiger partial charge in [-0.3, -0.25) is 4.79 Å². The van der Waals surface area contributed by atoms with E-state index in [0.717, 1.165) is 25.7 Å². The molecule has 0 radical (unpaired) electrons. The van der Waals surface area contributed by atoms with Crippen molar-refractivity contribution in [2.45, 2.75) is 64.5 Å². The van der Waals surface area contributed by atoms with Crippen LogP contribution in [0.15, 0.2) is 0 Å². The van der Waals surface area contributed by atoms with E-state index in [1.807, 2.05) is 0 Å². The van der Waals surface area contributed by atoms with Gasteiger partial charge in [-0.05, 0) is 32.1 Å². The molecule has 0 aromatic heterocycles. The second-order valence-electron chi connectivity index (χ2n) is 5.06. The number of rotatable bonds is 6. The van der Waals surface area contributed by atoms with Crippen LogP contribution in [0.2, 0.25) is 0 Å². The molecule has 0 aliphatic heterocycles. The van der Waals surface area contributed by atoms with Crippen LogP contribution in [0.4, 0.5) is 4.79 Å². The molecule has 0 heterocycles. The lowest BCUT2D eigenvalue weighted by Gasteiger charge is -2.19. The minimum absolute atomic E-state index is 0.00485. The van der Waals surface area contributed by atoms with E-state index in [4.69, 9.17) is 5.11 Å². The quantitative estimate of drug-likeness (QED) is 0.681. The normalized spacial score (nSPS) is 24.6. The Morgan fingerprint density at radius 2 is 2.06 bits per heavy atom. The zero-order chi connectivity index (χ0) is 13.5. The lowest BCUT2D eigenvalue weighted by atomic mass is 10.1. The van der Waals surface area contributed by atoms with E-state index in [2.05, 4.69) is 24.5 Å². The average molecular weight is 256 g/mol. The van der Waals surface area contributed by atoms with Gasteiger partial charge >= 0.3 is 12.0 Å². The summed E-state index contributed by atoms with van der Waals surface area (Å²) < 4.78 is 0. The first kappa shape index (κ1) is 14.8. The van der Waals surface area contributed by atoms with Crippen molar-refractivity contribution in [2.75, 3.05) is 0 Å². The summed E-state index contributed by atoms with van der Waals surface area (Å²) in [4.78, 5) is 22.6. The van der Waals surface area contributed by atoms with Gasteiger partial charge in [-0.1, -0.05) is 20.3 Å².